The van der Waals surface area contributed by atoms with Crippen molar-refractivity contribution in [2.45, 2.75) is 12.5 Å². The summed E-state index contributed by atoms with van der Waals surface area (Å²) >= 11 is 0. The first-order valence-corrected chi connectivity index (χ1v) is 7.26. The van der Waals surface area contributed by atoms with Crippen LogP contribution in [0.15, 0.2) is 18.2 Å². The van der Waals surface area contributed by atoms with Gasteiger partial charge in [-0.1, -0.05) is 0 Å². The fourth-order valence-corrected chi connectivity index (χ4v) is 2.67. The Morgan fingerprint density at radius 2 is 2.29 bits per heavy atom. The van der Waals surface area contributed by atoms with Gasteiger partial charge in [0.15, 0.2) is 6.61 Å². The number of fused-ring (bicyclic) bond motifs is 1. The van der Waals surface area contributed by atoms with E-state index in [2.05, 4.69) is 10.6 Å². The van der Waals surface area contributed by atoms with Crippen molar-refractivity contribution in [1.29, 1.82) is 0 Å². The zero-order valence-electron chi connectivity index (χ0n) is 12.7. The molecule has 0 aliphatic carbocycles. The second-order valence-corrected chi connectivity index (χ2v) is 5.43. The molecule has 0 bridgehead atoms. The summed E-state index contributed by atoms with van der Waals surface area (Å²) in [5.41, 5.74) is 0.0857. The van der Waals surface area contributed by atoms with Crippen LogP contribution < -0.4 is 20.3 Å². The van der Waals surface area contributed by atoms with Gasteiger partial charge in [-0.25, -0.2) is 0 Å². The van der Waals surface area contributed by atoms with Crippen LogP contribution in [-0.2, 0) is 9.59 Å². The molecule has 0 spiro atoms. The molecule has 0 saturated carbocycles. The number of amides is 2. The van der Waals surface area contributed by atoms with Crippen LogP contribution in [0.1, 0.15) is 6.42 Å². The summed E-state index contributed by atoms with van der Waals surface area (Å²) in [5, 5.41) is 16.9. The highest BCUT2D eigenvalue weighted by molar-refractivity contribution is 6.02. The van der Waals surface area contributed by atoms with Crippen LogP contribution in [0.2, 0.25) is 0 Å². The molecule has 24 heavy (non-hydrogen) atoms. The van der Waals surface area contributed by atoms with Crippen molar-refractivity contribution in [2.75, 3.05) is 31.1 Å². The monoisotopic (exact) mass is 356 g/mol. The van der Waals surface area contributed by atoms with Crippen LogP contribution in [0.25, 0.3) is 0 Å². The number of hydrogen-bond acceptors (Lipinski definition) is 6. The summed E-state index contributed by atoms with van der Waals surface area (Å²) in [7, 11) is 0. The van der Waals surface area contributed by atoms with Gasteiger partial charge in [-0.05, 0) is 19.0 Å². The number of nitro groups is 1. The molecule has 9 nitrogen and oxygen atoms in total. The predicted molar refractivity (Wildman–Crippen MR) is 87.6 cm³/mol. The van der Waals surface area contributed by atoms with E-state index in [0.717, 1.165) is 13.0 Å². The predicted octanol–water partition coefficient (Wildman–Crippen LogP) is 0.220. The van der Waals surface area contributed by atoms with Crippen molar-refractivity contribution in [3.05, 3.63) is 28.3 Å². The minimum Gasteiger partial charge on any atom is -0.482 e. The molecule has 2 amide bonds. The number of hydrogen-bond donors (Lipinski definition) is 2. The van der Waals surface area contributed by atoms with E-state index in [1.807, 2.05) is 0 Å². The smallest absolute Gasteiger partial charge is 0.271 e. The van der Waals surface area contributed by atoms with E-state index < -0.39 is 10.8 Å². The fraction of sp³-hybridized carbons (Fsp3) is 0.429. The molecule has 2 aliphatic rings. The number of carbonyl (C=O) groups is 2. The summed E-state index contributed by atoms with van der Waals surface area (Å²) in [5.74, 6) is -0.352. The van der Waals surface area contributed by atoms with Crippen molar-refractivity contribution >= 4 is 35.6 Å². The lowest BCUT2D eigenvalue weighted by molar-refractivity contribution is -0.384. The van der Waals surface area contributed by atoms with E-state index in [4.69, 9.17) is 4.74 Å². The third kappa shape index (κ3) is 3.74. The Balaban J connectivity index is 0.00000208. The first-order valence-electron chi connectivity index (χ1n) is 7.26. The van der Waals surface area contributed by atoms with Crippen LogP contribution >= 0.6 is 12.4 Å². The van der Waals surface area contributed by atoms with E-state index in [1.54, 1.807) is 0 Å². The number of ether oxygens (including phenoxy) is 1. The van der Waals surface area contributed by atoms with Gasteiger partial charge < -0.3 is 15.4 Å². The molecule has 2 heterocycles. The van der Waals surface area contributed by atoms with Crippen molar-refractivity contribution in [2.24, 2.45) is 0 Å². The molecule has 0 aromatic heterocycles. The zero-order valence-corrected chi connectivity index (χ0v) is 13.5. The number of non-ortho nitro benzene ring substituents is 1. The van der Waals surface area contributed by atoms with Gasteiger partial charge in [0.1, 0.15) is 12.3 Å². The Labute approximate surface area is 143 Å². The summed E-state index contributed by atoms with van der Waals surface area (Å²) in [6.45, 7) is 1.16. The Hall–Kier alpha value is -2.39. The molecule has 1 aromatic rings. The molecule has 2 aliphatic heterocycles. The Morgan fingerprint density at radius 3 is 2.96 bits per heavy atom. The van der Waals surface area contributed by atoms with E-state index in [0.29, 0.717) is 12.3 Å². The molecule has 10 heteroatoms. The maximum absolute atomic E-state index is 12.1. The van der Waals surface area contributed by atoms with Crippen LogP contribution in [0.3, 0.4) is 0 Å². The molecule has 0 radical (unpaired) electrons. The van der Waals surface area contributed by atoms with Crippen molar-refractivity contribution in [3.63, 3.8) is 0 Å². The van der Waals surface area contributed by atoms with Gasteiger partial charge in [-0.2, -0.15) is 0 Å². The zero-order chi connectivity index (χ0) is 16.4. The van der Waals surface area contributed by atoms with Crippen molar-refractivity contribution < 1.29 is 19.2 Å². The molecule has 1 atom stereocenters. The molecule has 1 unspecified atom stereocenters. The highest BCUT2D eigenvalue weighted by Crippen LogP contribution is 2.35. The molecule has 1 fully saturated rings. The van der Waals surface area contributed by atoms with E-state index in [-0.39, 0.29) is 48.9 Å². The Morgan fingerprint density at radius 1 is 1.50 bits per heavy atom. The van der Waals surface area contributed by atoms with Gasteiger partial charge in [-0.15, -0.1) is 12.4 Å². The Bertz CT molecular complexity index is 663. The lowest BCUT2D eigenvalue weighted by atomic mass is 10.2. The summed E-state index contributed by atoms with van der Waals surface area (Å²) in [6.07, 6.45) is 0.838. The number of rotatable bonds is 4. The maximum atomic E-state index is 12.1. The minimum absolute atomic E-state index is 0. The number of anilines is 1. The lowest BCUT2D eigenvalue weighted by Gasteiger charge is -2.29. The standard InChI is InChI=1S/C14H16N4O5.ClH/c19-13(16-9-3-4-15-6-9)7-17-11-5-10(18(21)22)1-2-12(11)23-8-14(17)20;/h1-2,5,9,15H,3-4,6-8H2,(H,16,19);1H. The average molecular weight is 357 g/mol. The first-order chi connectivity index (χ1) is 11.0. The highest BCUT2D eigenvalue weighted by Gasteiger charge is 2.29. The SMILES string of the molecule is Cl.O=C(CN1C(=O)COc2ccc([N+](=O)[O-])cc21)NC1CCNC1. The van der Waals surface area contributed by atoms with Crippen molar-refractivity contribution in [1.82, 2.24) is 10.6 Å². The topological polar surface area (TPSA) is 114 Å². The van der Waals surface area contributed by atoms with Crippen LogP contribution in [0.4, 0.5) is 11.4 Å². The Kier molecular flexibility index (Phi) is 5.58. The third-order valence-electron chi connectivity index (χ3n) is 3.82. The third-order valence-corrected chi connectivity index (χ3v) is 3.82. The number of nitro benzene ring substituents is 1. The van der Waals surface area contributed by atoms with Crippen molar-refractivity contribution in [3.8, 4) is 5.75 Å². The number of nitrogens with one attached hydrogen (secondary N) is 2. The molecule has 3 rings (SSSR count). The normalized spacial score (nSPS) is 19.1. The highest BCUT2D eigenvalue weighted by atomic mass is 35.5. The van der Waals surface area contributed by atoms with E-state index >= 15 is 0 Å². The summed E-state index contributed by atoms with van der Waals surface area (Å²) < 4.78 is 5.26. The van der Waals surface area contributed by atoms with Gasteiger partial charge in [-0.3, -0.25) is 24.6 Å². The molecule has 2 N–H and O–H groups in total. The largest absolute Gasteiger partial charge is 0.482 e. The van der Waals surface area contributed by atoms with Crippen LogP contribution in [0, 0.1) is 10.1 Å². The van der Waals surface area contributed by atoms with E-state index in [1.165, 1.54) is 23.1 Å². The molecule has 130 valence electrons. The second kappa shape index (κ2) is 7.45. The van der Waals surface area contributed by atoms with Gasteiger partial charge in [0.05, 0.1) is 10.6 Å². The van der Waals surface area contributed by atoms with Gasteiger partial charge in [0.2, 0.25) is 5.91 Å². The van der Waals surface area contributed by atoms with Crippen LogP contribution in [-0.4, -0.2) is 49.0 Å². The van der Waals surface area contributed by atoms with E-state index in [9.17, 15) is 19.7 Å². The molecule has 1 aromatic carbocycles. The maximum Gasteiger partial charge on any atom is 0.271 e. The quantitative estimate of drug-likeness (QED) is 0.589. The minimum atomic E-state index is -0.554. The molecule has 1 saturated heterocycles. The fourth-order valence-electron chi connectivity index (χ4n) is 2.67. The van der Waals surface area contributed by atoms with Gasteiger partial charge in [0, 0.05) is 24.7 Å². The molecular weight excluding hydrogens is 340 g/mol. The number of benzene rings is 1. The summed E-state index contributed by atoms with van der Waals surface area (Å²) in [4.78, 5) is 35.8. The number of nitrogens with zero attached hydrogens (tertiary/aromatic N) is 2. The average Bonchev–Trinajstić information content (AvgIpc) is 3.02. The number of carbonyl (C=O) groups excluding carboxylic acids is 2. The number of halogens is 1. The van der Waals surface area contributed by atoms with Gasteiger partial charge in [0.25, 0.3) is 11.6 Å². The van der Waals surface area contributed by atoms with Crippen LogP contribution in [0.5, 0.6) is 5.75 Å². The lowest BCUT2D eigenvalue weighted by Crippen LogP contribution is -2.47. The molecular formula is C14H17ClN4O5. The summed E-state index contributed by atoms with van der Waals surface area (Å²) in [6, 6.07) is 4.03. The van der Waals surface area contributed by atoms with Gasteiger partial charge >= 0.3 is 0 Å². The first kappa shape index (κ1) is 18.0. The second-order valence-electron chi connectivity index (χ2n) is 5.43.